The van der Waals surface area contributed by atoms with Gasteiger partial charge in [-0.05, 0) is 13.1 Å². The van der Waals surface area contributed by atoms with Crippen molar-refractivity contribution in [3.63, 3.8) is 0 Å². The van der Waals surface area contributed by atoms with E-state index in [4.69, 9.17) is 11.6 Å². The Morgan fingerprint density at radius 3 is 2.50 bits per heavy atom. The summed E-state index contributed by atoms with van der Waals surface area (Å²) in [5, 5.41) is 0.0139. The predicted molar refractivity (Wildman–Crippen MR) is 74.8 cm³/mol. The summed E-state index contributed by atoms with van der Waals surface area (Å²) in [5.41, 5.74) is 1.02. The molecule has 3 rings (SSSR count). The molecule has 0 amide bonds. The van der Waals surface area contributed by atoms with Gasteiger partial charge in [0, 0.05) is 44.1 Å². The Labute approximate surface area is 121 Å². The third-order valence-corrected chi connectivity index (χ3v) is 4.10. The Bertz CT molecular complexity index is 619. The van der Waals surface area contributed by atoms with Gasteiger partial charge in [0.05, 0.1) is 5.56 Å². The number of rotatable bonds is 1. The molecule has 1 aliphatic heterocycles. The number of hydrogen-bond donors (Lipinski definition) is 0. The zero-order valence-electron chi connectivity index (χ0n) is 11.1. The number of hydrogen-bond acceptors (Lipinski definition) is 5. The van der Waals surface area contributed by atoms with Crippen LogP contribution in [0.3, 0.4) is 0 Å². The van der Waals surface area contributed by atoms with Crippen LogP contribution >= 0.6 is 11.6 Å². The molecular formula is C14H14ClN3O2. The summed E-state index contributed by atoms with van der Waals surface area (Å²) in [6, 6.07) is 1.58. The zero-order valence-corrected chi connectivity index (χ0v) is 11.9. The second-order valence-corrected chi connectivity index (χ2v) is 5.41. The van der Waals surface area contributed by atoms with Crippen molar-refractivity contribution in [3.05, 3.63) is 40.3 Å². The third kappa shape index (κ3) is 2.03. The molecule has 1 aromatic rings. The molecule has 0 N–H and O–H groups in total. The summed E-state index contributed by atoms with van der Waals surface area (Å²) in [6.07, 6.45) is 2.92. The Morgan fingerprint density at radius 1 is 1.10 bits per heavy atom. The number of nitrogens with zero attached hydrogens (tertiary/aromatic N) is 3. The first-order valence-corrected chi connectivity index (χ1v) is 6.84. The number of pyridine rings is 1. The zero-order chi connectivity index (χ0) is 14.3. The number of halogens is 1. The number of carbonyl (C=O) groups excluding carboxylic acids is 2. The average Bonchev–Trinajstić information content (AvgIpc) is 2.47. The van der Waals surface area contributed by atoms with Crippen LogP contribution in [0.2, 0.25) is 0 Å². The van der Waals surface area contributed by atoms with E-state index in [0.717, 1.165) is 13.1 Å². The first kappa shape index (κ1) is 13.3. The molecule has 2 aliphatic rings. The fourth-order valence-corrected chi connectivity index (χ4v) is 2.85. The molecule has 1 fully saturated rings. The van der Waals surface area contributed by atoms with Crippen molar-refractivity contribution in [1.29, 1.82) is 0 Å². The quantitative estimate of drug-likeness (QED) is 0.777. The van der Waals surface area contributed by atoms with Gasteiger partial charge in [-0.1, -0.05) is 11.6 Å². The van der Waals surface area contributed by atoms with Gasteiger partial charge in [-0.15, -0.1) is 0 Å². The van der Waals surface area contributed by atoms with E-state index >= 15 is 0 Å². The Kier molecular flexibility index (Phi) is 3.31. The van der Waals surface area contributed by atoms with Crippen LogP contribution in [-0.4, -0.2) is 59.6 Å². The standard InChI is InChI=1S/C14H14ClN3O2/c1-17-4-6-18(7-5-17)12-11(15)13(19)10-8-16-3-2-9(10)14(12)20/h2-3,8H,4-7H2,1H3. The van der Waals surface area contributed by atoms with E-state index in [1.807, 2.05) is 11.9 Å². The van der Waals surface area contributed by atoms with Crippen molar-refractivity contribution < 1.29 is 9.59 Å². The summed E-state index contributed by atoms with van der Waals surface area (Å²) < 4.78 is 0. The topological polar surface area (TPSA) is 53.5 Å². The first-order chi connectivity index (χ1) is 9.59. The lowest BCUT2D eigenvalue weighted by Gasteiger charge is -2.36. The molecule has 104 valence electrons. The lowest BCUT2D eigenvalue weighted by atomic mass is 9.93. The number of likely N-dealkylation sites (N-methyl/N-ethyl adjacent to an activating group) is 1. The molecule has 0 spiro atoms. The molecular weight excluding hydrogens is 278 g/mol. The normalized spacial score (nSPS) is 20.4. The summed E-state index contributed by atoms with van der Waals surface area (Å²) in [6.45, 7) is 3.08. The fraction of sp³-hybridized carbons (Fsp3) is 0.357. The van der Waals surface area contributed by atoms with Crippen LogP contribution in [0.25, 0.3) is 0 Å². The Balaban J connectivity index is 2.01. The predicted octanol–water partition coefficient (Wildman–Crippen LogP) is 1.16. The van der Waals surface area contributed by atoms with Gasteiger partial charge in [-0.3, -0.25) is 14.6 Å². The number of allylic oxidation sites excluding steroid dienone is 2. The molecule has 0 radical (unpaired) electrons. The number of aromatic nitrogens is 1. The van der Waals surface area contributed by atoms with Crippen molar-refractivity contribution in [3.8, 4) is 0 Å². The molecule has 1 aromatic heterocycles. The molecule has 0 aromatic carbocycles. The molecule has 2 heterocycles. The average molecular weight is 292 g/mol. The molecule has 0 bridgehead atoms. The second-order valence-electron chi connectivity index (χ2n) is 5.03. The molecule has 1 saturated heterocycles. The molecule has 0 saturated carbocycles. The van der Waals surface area contributed by atoms with Gasteiger partial charge >= 0.3 is 0 Å². The van der Waals surface area contributed by atoms with E-state index in [1.54, 1.807) is 6.07 Å². The van der Waals surface area contributed by atoms with E-state index in [2.05, 4.69) is 9.88 Å². The van der Waals surface area contributed by atoms with E-state index < -0.39 is 0 Å². The van der Waals surface area contributed by atoms with Gasteiger partial charge in [-0.2, -0.15) is 0 Å². The van der Waals surface area contributed by atoms with Gasteiger partial charge in [0.2, 0.25) is 11.6 Å². The van der Waals surface area contributed by atoms with E-state index in [0.29, 0.717) is 29.9 Å². The number of fused-ring (bicyclic) bond motifs is 1. The highest BCUT2D eigenvalue weighted by atomic mass is 35.5. The van der Waals surface area contributed by atoms with Gasteiger partial charge in [0.1, 0.15) is 10.7 Å². The largest absolute Gasteiger partial charge is 0.364 e. The van der Waals surface area contributed by atoms with Gasteiger partial charge in [0.15, 0.2) is 0 Å². The monoisotopic (exact) mass is 291 g/mol. The maximum Gasteiger partial charge on any atom is 0.211 e. The maximum atomic E-state index is 12.6. The number of ketones is 2. The molecule has 0 unspecified atom stereocenters. The highest BCUT2D eigenvalue weighted by Gasteiger charge is 2.35. The molecule has 1 aliphatic carbocycles. The molecule has 6 heteroatoms. The third-order valence-electron chi connectivity index (χ3n) is 3.75. The first-order valence-electron chi connectivity index (χ1n) is 6.46. The van der Waals surface area contributed by atoms with Crippen molar-refractivity contribution >= 4 is 23.2 Å². The smallest absolute Gasteiger partial charge is 0.211 e. The highest BCUT2D eigenvalue weighted by molar-refractivity contribution is 6.49. The molecule has 20 heavy (non-hydrogen) atoms. The van der Waals surface area contributed by atoms with Crippen LogP contribution in [0, 0.1) is 0 Å². The SMILES string of the molecule is CN1CCN(C2=C(Cl)C(=O)c3cnccc3C2=O)CC1. The Hall–Kier alpha value is -1.72. The van der Waals surface area contributed by atoms with Crippen molar-refractivity contribution in [2.45, 2.75) is 0 Å². The van der Waals surface area contributed by atoms with Crippen LogP contribution in [0.15, 0.2) is 29.2 Å². The lowest BCUT2D eigenvalue weighted by Crippen LogP contribution is -2.46. The van der Waals surface area contributed by atoms with Crippen LogP contribution < -0.4 is 0 Å². The van der Waals surface area contributed by atoms with E-state index in [1.165, 1.54) is 12.4 Å². The fourth-order valence-electron chi connectivity index (χ4n) is 2.54. The van der Waals surface area contributed by atoms with Gasteiger partial charge in [0.25, 0.3) is 0 Å². The van der Waals surface area contributed by atoms with Crippen molar-refractivity contribution in [2.75, 3.05) is 33.2 Å². The van der Waals surface area contributed by atoms with Crippen LogP contribution in [-0.2, 0) is 0 Å². The van der Waals surface area contributed by atoms with Crippen molar-refractivity contribution in [1.82, 2.24) is 14.8 Å². The Morgan fingerprint density at radius 2 is 1.80 bits per heavy atom. The highest BCUT2D eigenvalue weighted by Crippen LogP contribution is 2.30. The lowest BCUT2D eigenvalue weighted by molar-refractivity contribution is 0.0922. The van der Waals surface area contributed by atoms with Crippen LogP contribution in [0.5, 0.6) is 0 Å². The minimum absolute atomic E-state index is 0.0139. The van der Waals surface area contributed by atoms with Crippen molar-refractivity contribution in [2.24, 2.45) is 0 Å². The molecule has 0 atom stereocenters. The summed E-state index contributed by atoms with van der Waals surface area (Å²) >= 11 is 6.15. The summed E-state index contributed by atoms with van der Waals surface area (Å²) in [5.74, 6) is -0.500. The minimum atomic E-state index is -0.316. The number of piperazine rings is 1. The van der Waals surface area contributed by atoms with Crippen LogP contribution in [0.4, 0.5) is 0 Å². The minimum Gasteiger partial charge on any atom is -0.364 e. The summed E-state index contributed by atoms with van der Waals surface area (Å²) in [7, 11) is 2.03. The van der Waals surface area contributed by atoms with Gasteiger partial charge < -0.3 is 9.80 Å². The summed E-state index contributed by atoms with van der Waals surface area (Å²) in [4.78, 5) is 32.8. The van der Waals surface area contributed by atoms with E-state index in [9.17, 15) is 9.59 Å². The van der Waals surface area contributed by atoms with E-state index in [-0.39, 0.29) is 16.6 Å². The van der Waals surface area contributed by atoms with Gasteiger partial charge in [-0.25, -0.2) is 0 Å². The molecule has 5 nitrogen and oxygen atoms in total. The number of carbonyl (C=O) groups is 2. The second kappa shape index (κ2) is 5.00. The van der Waals surface area contributed by atoms with Crippen LogP contribution in [0.1, 0.15) is 20.7 Å². The maximum absolute atomic E-state index is 12.6. The number of Topliss-reactive ketones (excluding diaryl/α,β-unsaturated/α-hetero) is 2.